The van der Waals surface area contributed by atoms with E-state index in [0.717, 1.165) is 19.3 Å². The molecule has 1 amide bonds. The Bertz CT molecular complexity index is 1190. The molecule has 206 valence electrons. The number of hydrogen-bond acceptors (Lipinski definition) is 8. The van der Waals surface area contributed by atoms with Crippen molar-refractivity contribution in [1.29, 1.82) is 5.26 Å². The number of aromatic nitrogens is 1. The molecule has 3 heterocycles. The van der Waals surface area contributed by atoms with E-state index >= 15 is 0 Å². The lowest BCUT2D eigenvalue weighted by atomic mass is 9.95. The predicted molar refractivity (Wildman–Crippen MR) is 156 cm³/mol. The lowest BCUT2D eigenvalue weighted by molar-refractivity contribution is -0.148. The van der Waals surface area contributed by atoms with E-state index in [1.54, 1.807) is 31.9 Å². The van der Waals surface area contributed by atoms with Gasteiger partial charge in [-0.1, -0.05) is 63.0 Å². The maximum absolute atomic E-state index is 13.3. The molecule has 0 N–H and O–H groups in total. The van der Waals surface area contributed by atoms with Gasteiger partial charge in [-0.25, -0.2) is 0 Å². The molecule has 0 bridgehead atoms. The maximum Gasteiger partial charge on any atom is 0.309 e. The number of ether oxygens (including phenoxy) is 1. The Balaban J connectivity index is 1.88. The number of thiocarbonyl (C=S) groups is 1. The molecule has 1 aromatic heterocycles. The van der Waals surface area contributed by atoms with E-state index in [9.17, 15) is 19.6 Å². The Morgan fingerprint density at radius 1 is 1.16 bits per heavy atom. The van der Waals surface area contributed by atoms with Crippen molar-refractivity contribution in [2.45, 2.75) is 72.1 Å². The molecule has 2 fully saturated rings. The van der Waals surface area contributed by atoms with Crippen LogP contribution in [0.3, 0.4) is 0 Å². The number of carbonyl (C=O) groups excluding carboxylic acids is 2. The number of thioether (sulfide) groups is 1. The van der Waals surface area contributed by atoms with Crippen molar-refractivity contribution in [2.24, 2.45) is 13.0 Å². The van der Waals surface area contributed by atoms with Crippen LogP contribution in [-0.4, -0.2) is 51.9 Å². The van der Waals surface area contributed by atoms with Crippen LogP contribution in [0.1, 0.15) is 81.9 Å². The molecule has 2 saturated heterocycles. The smallest absolute Gasteiger partial charge is 0.309 e. The zero-order valence-corrected chi connectivity index (χ0v) is 24.5. The molecule has 38 heavy (non-hydrogen) atoms. The van der Waals surface area contributed by atoms with E-state index < -0.39 is 0 Å². The van der Waals surface area contributed by atoms with Gasteiger partial charge in [-0.05, 0) is 44.7 Å². The Labute approximate surface area is 235 Å². The number of esters is 1. The molecule has 0 spiro atoms. The van der Waals surface area contributed by atoms with Crippen LogP contribution >= 0.6 is 24.0 Å². The van der Waals surface area contributed by atoms with Crippen LogP contribution in [-0.2, 0) is 21.4 Å². The van der Waals surface area contributed by atoms with Gasteiger partial charge in [0.05, 0.1) is 17.4 Å². The van der Waals surface area contributed by atoms with Crippen LogP contribution < -0.4 is 10.5 Å². The van der Waals surface area contributed by atoms with Crippen molar-refractivity contribution < 1.29 is 14.3 Å². The lowest BCUT2D eigenvalue weighted by Gasteiger charge is -2.35. The quantitative estimate of drug-likeness (QED) is 0.164. The van der Waals surface area contributed by atoms with Crippen LogP contribution in [0.5, 0.6) is 0 Å². The Morgan fingerprint density at radius 2 is 1.82 bits per heavy atom. The van der Waals surface area contributed by atoms with Gasteiger partial charge in [-0.2, -0.15) is 5.26 Å². The highest BCUT2D eigenvalue weighted by molar-refractivity contribution is 8.26. The second kappa shape index (κ2) is 13.9. The monoisotopic (exact) mass is 558 g/mol. The molecule has 2 aliphatic heterocycles. The standard InChI is InChI=1S/C28H38N4O4S2/c1-5-7-8-9-10-11-14-32-26(34)23(38-28(32)37)17-21-19(3)22(18-29)25(33)30(4)24(21)31-15-12-20(13-16-31)27(35)36-6-2/h17,20H,5-16H2,1-4H3/b23-17-. The highest BCUT2D eigenvalue weighted by atomic mass is 32.2. The van der Waals surface area contributed by atoms with Gasteiger partial charge in [0.2, 0.25) is 0 Å². The number of piperidine rings is 1. The number of nitrogens with zero attached hydrogens (tertiary/aromatic N) is 4. The van der Waals surface area contributed by atoms with Crippen molar-refractivity contribution in [1.82, 2.24) is 9.47 Å². The summed E-state index contributed by atoms with van der Waals surface area (Å²) in [6.07, 6.45) is 9.75. The zero-order valence-electron chi connectivity index (χ0n) is 22.9. The normalized spacial score (nSPS) is 17.4. The van der Waals surface area contributed by atoms with Gasteiger partial charge in [0, 0.05) is 32.2 Å². The number of hydrogen-bond donors (Lipinski definition) is 0. The molecular weight excluding hydrogens is 520 g/mol. The number of rotatable bonds is 11. The van der Waals surface area contributed by atoms with Gasteiger partial charge >= 0.3 is 5.97 Å². The molecule has 0 radical (unpaired) electrons. The van der Waals surface area contributed by atoms with E-state index in [4.69, 9.17) is 17.0 Å². The van der Waals surface area contributed by atoms with Gasteiger partial charge in [0.25, 0.3) is 11.5 Å². The minimum Gasteiger partial charge on any atom is -0.466 e. The van der Waals surface area contributed by atoms with E-state index in [2.05, 4.69) is 11.8 Å². The second-order valence-electron chi connectivity index (χ2n) is 9.83. The summed E-state index contributed by atoms with van der Waals surface area (Å²) in [5.74, 6) is 0.151. The van der Waals surface area contributed by atoms with Crippen molar-refractivity contribution in [2.75, 3.05) is 31.1 Å². The van der Waals surface area contributed by atoms with Crippen molar-refractivity contribution in [3.63, 3.8) is 0 Å². The van der Waals surface area contributed by atoms with Crippen LogP contribution in [0.4, 0.5) is 5.82 Å². The summed E-state index contributed by atoms with van der Waals surface area (Å²) in [6.45, 7) is 7.79. The van der Waals surface area contributed by atoms with Gasteiger partial charge in [-0.15, -0.1) is 0 Å². The summed E-state index contributed by atoms with van der Waals surface area (Å²) in [5, 5.41) is 9.72. The van der Waals surface area contributed by atoms with E-state index in [-0.39, 0.29) is 28.9 Å². The third kappa shape index (κ3) is 6.67. The van der Waals surface area contributed by atoms with Crippen LogP contribution in [0.15, 0.2) is 9.70 Å². The first-order valence-corrected chi connectivity index (χ1v) is 14.8. The predicted octanol–water partition coefficient (Wildman–Crippen LogP) is 4.91. The number of nitriles is 1. The molecule has 0 unspecified atom stereocenters. The number of anilines is 1. The number of carbonyl (C=O) groups is 2. The lowest BCUT2D eigenvalue weighted by Crippen LogP contribution is -2.40. The van der Waals surface area contributed by atoms with Crippen LogP contribution in [0.25, 0.3) is 6.08 Å². The molecule has 2 aliphatic rings. The number of unbranched alkanes of at least 4 members (excludes halogenated alkanes) is 5. The van der Waals surface area contributed by atoms with Crippen molar-refractivity contribution in [3.05, 3.63) is 31.9 Å². The maximum atomic E-state index is 13.3. The highest BCUT2D eigenvalue weighted by Gasteiger charge is 2.34. The highest BCUT2D eigenvalue weighted by Crippen LogP contribution is 2.36. The van der Waals surface area contributed by atoms with E-state index in [1.165, 1.54) is 35.6 Å². The van der Waals surface area contributed by atoms with Crippen molar-refractivity contribution >= 4 is 52.1 Å². The molecule has 8 nitrogen and oxygen atoms in total. The number of pyridine rings is 1. The fourth-order valence-corrected chi connectivity index (χ4v) is 6.35. The second-order valence-corrected chi connectivity index (χ2v) is 11.5. The van der Waals surface area contributed by atoms with Crippen LogP contribution in [0, 0.1) is 24.2 Å². The average Bonchev–Trinajstić information content (AvgIpc) is 3.17. The summed E-state index contributed by atoms with van der Waals surface area (Å²) < 4.78 is 7.22. The van der Waals surface area contributed by atoms with Crippen LogP contribution in [0.2, 0.25) is 0 Å². The molecule has 0 aromatic carbocycles. The molecule has 0 atom stereocenters. The minimum atomic E-state index is -0.375. The van der Waals surface area contributed by atoms with Gasteiger partial charge in [0.15, 0.2) is 0 Å². The number of amides is 1. The Hall–Kier alpha value is -2.64. The topological polar surface area (TPSA) is 95.6 Å². The van der Waals surface area contributed by atoms with E-state index in [0.29, 0.717) is 65.3 Å². The fraction of sp³-hybridized carbons (Fsp3) is 0.607. The average molecular weight is 559 g/mol. The summed E-state index contributed by atoms with van der Waals surface area (Å²) in [5.41, 5.74) is 0.893. The minimum absolute atomic E-state index is 0.0615. The summed E-state index contributed by atoms with van der Waals surface area (Å²) in [7, 11) is 1.65. The zero-order chi connectivity index (χ0) is 27.8. The molecule has 0 aliphatic carbocycles. The van der Waals surface area contributed by atoms with Gasteiger partial charge in [-0.3, -0.25) is 23.9 Å². The third-order valence-corrected chi connectivity index (χ3v) is 8.64. The molecule has 0 saturated carbocycles. The summed E-state index contributed by atoms with van der Waals surface area (Å²) in [4.78, 5) is 42.8. The SMILES string of the molecule is CCCCCCCCN1C(=O)/C(=C/c2c(C)c(C#N)c(=O)n(C)c2N2CCC(C(=O)OCC)CC2)SC1=S. The summed E-state index contributed by atoms with van der Waals surface area (Å²) in [6, 6.07) is 2.04. The van der Waals surface area contributed by atoms with Crippen molar-refractivity contribution in [3.8, 4) is 6.07 Å². The van der Waals surface area contributed by atoms with Gasteiger partial charge in [0.1, 0.15) is 21.8 Å². The van der Waals surface area contributed by atoms with Gasteiger partial charge < -0.3 is 9.64 Å². The third-order valence-electron chi connectivity index (χ3n) is 7.27. The molecule has 3 rings (SSSR count). The molecule has 1 aromatic rings. The Kier molecular flexibility index (Phi) is 11.0. The first kappa shape index (κ1) is 29.9. The molecular formula is C28H38N4O4S2. The summed E-state index contributed by atoms with van der Waals surface area (Å²) >= 11 is 6.81. The fourth-order valence-electron chi connectivity index (χ4n) is 5.06. The Morgan fingerprint density at radius 3 is 2.45 bits per heavy atom. The van der Waals surface area contributed by atoms with E-state index in [1.807, 2.05) is 6.07 Å². The molecule has 10 heteroatoms. The first-order valence-electron chi connectivity index (χ1n) is 13.6. The largest absolute Gasteiger partial charge is 0.466 e. The first-order chi connectivity index (χ1) is 18.2.